The standard InChI is InChI=1S/C13H25FN2/c1-12(2,3)16-9-11(6-13(16,4)5)15-7-10(14)8-15/h10-11H,6-9H2,1-5H3/t11-/m1/s1. The zero-order valence-corrected chi connectivity index (χ0v) is 11.3. The maximum Gasteiger partial charge on any atom is 0.125 e. The van der Waals surface area contributed by atoms with Crippen molar-refractivity contribution in [3.63, 3.8) is 0 Å². The Kier molecular flexibility index (Phi) is 2.83. The molecule has 3 heteroatoms. The number of rotatable bonds is 1. The van der Waals surface area contributed by atoms with Gasteiger partial charge in [0.2, 0.25) is 0 Å². The highest BCUT2D eigenvalue weighted by molar-refractivity contribution is 5.03. The first-order valence-corrected chi connectivity index (χ1v) is 6.36. The normalized spacial score (nSPS) is 33.0. The maximum atomic E-state index is 12.9. The van der Waals surface area contributed by atoms with Gasteiger partial charge < -0.3 is 0 Å². The van der Waals surface area contributed by atoms with Crippen LogP contribution in [0.15, 0.2) is 0 Å². The molecule has 0 radical (unpaired) electrons. The Morgan fingerprint density at radius 1 is 1.12 bits per heavy atom. The molecule has 0 saturated carbocycles. The summed E-state index contributed by atoms with van der Waals surface area (Å²) < 4.78 is 12.9. The molecule has 2 saturated heterocycles. The van der Waals surface area contributed by atoms with E-state index in [4.69, 9.17) is 0 Å². The smallest absolute Gasteiger partial charge is 0.125 e. The number of likely N-dealkylation sites (tertiary alicyclic amines) is 2. The fourth-order valence-corrected chi connectivity index (χ4v) is 3.39. The minimum Gasteiger partial charge on any atom is -0.293 e. The zero-order valence-electron chi connectivity index (χ0n) is 11.3. The molecule has 0 N–H and O–H groups in total. The summed E-state index contributed by atoms with van der Waals surface area (Å²) >= 11 is 0. The Balaban J connectivity index is 2.03. The molecular formula is C13H25FN2. The molecule has 0 bridgehead atoms. The predicted octanol–water partition coefficient (Wildman–Crippen LogP) is 2.29. The third-order valence-corrected chi connectivity index (χ3v) is 4.05. The minimum atomic E-state index is -0.577. The molecule has 1 atom stereocenters. The fourth-order valence-electron chi connectivity index (χ4n) is 3.39. The summed E-state index contributed by atoms with van der Waals surface area (Å²) in [5, 5.41) is 0. The van der Waals surface area contributed by atoms with Gasteiger partial charge in [-0.25, -0.2) is 4.39 Å². The van der Waals surface area contributed by atoms with Crippen LogP contribution in [0, 0.1) is 0 Å². The second-order valence-electron chi connectivity index (χ2n) is 7.00. The molecule has 0 amide bonds. The number of alkyl halides is 1. The number of nitrogens with zero attached hydrogens (tertiary/aromatic N) is 2. The van der Waals surface area contributed by atoms with Crippen LogP contribution in [-0.2, 0) is 0 Å². The van der Waals surface area contributed by atoms with Crippen molar-refractivity contribution < 1.29 is 4.39 Å². The first kappa shape index (κ1) is 12.3. The summed E-state index contributed by atoms with van der Waals surface area (Å²) in [5.41, 5.74) is 0.447. The van der Waals surface area contributed by atoms with E-state index in [1.54, 1.807) is 0 Å². The molecule has 0 aromatic rings. The van der Waals surface area contributed by atoms with E-state index in [1.165, 1.54) is 0 Å². The first-order valence-electron chi connectivity index (χ1n) is 6.36. The van der Waals surface area contributed by atoms with E-state index >= 15 is 0 Å². The predicted molar refractivity (Wildman–Crippen MR) is 65.4 cm³/mol. The summed E-state index contributed by atoms with van der Waals surface area (Å²) in [5.74, 6) is 0. The van der Waals surface area contributed by atoms with Crippen molar-refractivity contribution in [3.05, 3.63) is 0 Å². The van der Waals surface area contributed by atoms with Crippen LogP contribution in [0.25, 0.3) is 0 Å². The van der Waals surface area contributed by atoms with Crippen molar-refractivity contribution in [2.45, 2.75) is 64.3 Å². The highest BCUT2D eigenvalue weighted by Gasteiger charge is 2.47. The molecule has 0 aromatic heterocycles. The second kappa shape index (κ2) is 3.67. The van der Waals surface area contributed by atoms with Gasteiger partial charge >= 0.3 is 0 Å². The first-order chi connectivity index (χ1) is 7.20. The number of hydrogen-bond acceptors (Lipinski definition) is 2. The quantitative estimate of drug-likeness (QED) is 0.679. The van der Waals surface area contributed by atoms with Crippen LogP contribution >= 0.6 is 0 Å². The molecule has 0 aliphatic carbocycles. The summed E-state index contributed by atoms with van der Waals surface area (Å²) in [6.07, 6.45) is 0.587. The summed E-state index contributed by atoms with van der Waals surface area (Å²) in [6.45, 7) is 13.8. The molecule has 2 rings (SSSR count). The van der Waals surface area contributed by atoms with Gasteiger partial charge in [0.1, 0.15) is 6.17 Å². The molecule has 2 heterocycles. The summed E-state index contributed by atoms with van der Waals surface area (Å²) in [4.78, 5) is 4.87. The van der Waals surface area contributed by atoms with Crippen molar-refractivity contribution in [3.8, 4) is 0 Å². The van der Waals surface area contributed by atoms with Crippen molar-refractivity contribution in [1.82, 2.24) is 9.80 Å². The fraction of sp³-hybridized carbons (Fsp3) is 1.00. The highest BCUT2D eigenvalue weighted by atomic mass is 19.1. The molecule has 2 aliphatic heterocycles. The van der Waals surface area contributed by atoms with Crippen LogP contribution < -0.4 is 0 Å². The Labute approximate surface area is 98.8 Å². The van der Waals surface area contributed by atoms with E-state index in [1.807, 2.05) is 0 Å². The molecule has 0 unspecified atom stereocenters. The van der Waals surface area contributed by atoms with Gasteiger partial charge in [0.05, 0.1) is 0 Å². The highest BCUT2D eigenvalue weighted by Crippen LogP contribution is 2.38. The zero-order chi connectivity index (χ0) is 12.1. The molecular weight excluding hydrogens is 203 g/mol. The van der Waals surface area contributed by atoms with Crippen molar-refractivity contribution in [1.29, 1.82) is 0 Å². The van der Waals surface area contributed by atoms with Gasteiger partial charge in [-0.15, -0.1) is 0 Å². The van der Waals surface area contributed by atoms with E-state index in [0.717, 1.165) is 13.0 Å². The molecule has 2 aliphatic rings. The SMILES string of the molecule is CC(C)(C)N1C[C@H](N2CC(F)C2)CC1(C)C. The van der Waals surface area contributed by atoms with Crippen LogP contribution in [0.4, 0.5) is 4.39 Å². The van der Waals surface area contributed by atoms with Crippen LogP contribution in [0.3, 0.4) is 0 Å². The average molecular weight is 228 g/mol. The van der Waals surface area contributed by atoms with Crippen LogP contribution in [0.5, 0.6) is 0 Å². The average Bonchev–Trinajstić information content (AvgIpc) is 2.34. The van der Waals surface area contributed by atoms with Gasteiger partial charge in [0, 0.05) is 36.8 Å². The monoisotopic (exact) mass is 228 g/mol. The Hall–Kier alpha value is -0.150. The molecule has 0 aromatic carbocycles. The largest absolute Gasteiger partial charge is 0.293 e. The van der Waals surface area contributed by atoms with Crippen LogP contribution in [0.2, 0.25) is 0 Å². The lowest BCUT2D eigenvalue weighted by molar-refractivity contribution is 0.0249. The van der Waals surface area contributed by atoms with E-state index in [-0.39, 0.29) is 11.1 Å². The lowest BCUT2D eigenvalue weighted by Crippen LogP contribution is -2.55. The van der Waals surface area contributed by atoms with E-state index in [2.05, 4.69) is 44.4 Å². The van der Waals surface area contributed by atoms with Gasteiger partial charge in [0.25, 0.3) is 0 Å². The third kappa shape index (κ3) is 2.12. The number of hydrogen-bond donors (Lipinski definition) is 0. The maximum absolute atomic E-state index is 12.9. The van der Waals surface area contributed by atoms with E-state index in [9.17, 15) is 4.39 Å². The Morgan fingerprint density at radius 3 is 2.06 bits per heavy atom. The van der Waals surface area contributed by atoms with Crippen molar-refractivity contribution in [2.24, 2.45) is 0 Å². The van der Waals surface area contributed by atoms with Crippen molar-refractivity contribution in [2.75, 3.05) is 19.6 Å². The van der Waals surface area contributed by atoms with Crippen molar-refractivity contribution >= 4 is 0 Å². The van der Waals surface area contributed by atoms with E-state index < -0.39 is 6.17 Å². The molecule has 2 fully saturated rings. The summed E-state index contributed by atoms with van der Waals surface area (Å²) in [6, 6.07) is 0.557. The Bertz CT molecular complexity index is 264. The molecule has 2 nitrogen and oxygen atoms in total. The van der Waals surface area contributed by atoms with Gasteiger partial charge in [-0.1, -0.05) is 0 Å². The van der Waals surface area contributed by atoms with Crippen LogP contribution in [-0.4, -0.2) is 52.7 Å². The lowest BCUT2D eigenvalue weighted by Gasteiger charge is -2.42. The summed E-state index contributed by atoms with van der Waals surface area (Å²) in [7, 11) is 0. The lowest BCUT2D eigenvalue weighted by atomic mass is 9.94. The molecule has 16 heavy (non-hydrogen) atoms. The molecule has 0 spiro atoms. The minimum absolute atomic E-state index is 0.207. The van der Waals surface area contributed by atoms with E-state index in [0.29, 0.717) is 19.1 Å². The van der Waals surface area contributed by atoms with Gasteiger partial charge in [-0.3, -0.25) is 9.80 Å². The topological polar surface area (TPSA) is 6.48 Å². The van der Waals surface area contributed by atoms with Gasteiger partial charge in [0.15, 0.2) is 0 Å². The second-order valence-corrected chi connectivity index (χ2v) is 7.00. The van der Waals surface area contributed by atoms with Gasteiger partial charge in [-0.2, -0.15) is 0 Å². The van der Waals surface area contributed by atoms with Gasteiger partial charge in [-0.05, 0) is 41.0 Å². The molecule has 94 valence electrons. The number of halogens is 1. The third-order valence-electron chi connectivity index (χ3n) is 4.05. The van der Waals surface area contributed by atoms with Crippen LogP contribution in [0.1, 0.15) is 41.0 Å². The Morgan fingerprint density at radius 2 is 1.69 bits per heavy atom.